The molecule has 78 valence electrons. The van der Waals surface area contributed by atoms with Gasteiger partial charge in [0.05, 0.1) is 6.04 Å². The van der Waals surface area contributed by atoms with Crippen molar-refractivity contribution in [3.63, 3.8) is 0 Å². The molecule has 1 saturated heterocycles. The summed E-state index contributed by atoms with van der Waals surface area (Å²) in [6.07, 6.45) is 0.869. The quantitative estimate of drug-likeness (QED) is 0.543. The molecule has 1 fully saturated rings. The summed E-state index contributed by atoms with van der Waals surface area (Å²) in [5.41, 5.74) is -0.702. The number of H-pyrrole nitrogens is 2. The fourth-order valence-electron chi connectivity index (χ4n) is 1.98. The average Bonchev–Trinajstić information content (AvgIpc) is 2.46. The lowest BCUT2D eigenvalue weighted by Gasteiger charge is -2.27. The van der Waals surface area contributed by atoms with Gasteiger partial charge >= 0.3 is 11.4 Å². The van der Waals surface area contributed by atoms with E-state index < -0.39 is 0 Å². The van der Waals surface area contributed by atoms with Crippen molar-refractivity contribution in [2.45, 2.75) is 19.4 Å². The van der Waals surface area contributed by atoms with Gasteiger partial charge in [-0.2, -0.15) is 0 Å². The smallest absolute Gasteiger partial charge is 0.314 e. The highest BCUT2D eigenvalue weighted by Crippen LogP contribution is 2.17. The van der Waals surface area contributed by atoms with Crippen molar-refractivity contribution in [2.24, 2.45) is 5.92 Å². The summed E-state index contributed by atoms with van der Waals surface area (Å²) in [7, 11) is 0. The van der Waals surface area contributed by atoms with E-state index in [4.69, 9.17) is 0 Å². The topological polar surface area (TPSA) is 82.7 Å². The van der Waals surface area contributed by atoms with E-state index in [1.54, 1.807) is 0 Å². The van der Waals surface area contributed by atoms with Crippen LogP contribution in [0.15, 0.2) is 9.59 Å². The number of hydrogen-bond acceptors (Lipinski definition) is 3. The summed E-state index contributed by atoms with van der Waals surface area (Å²) in [6, 6.07) is -0.0266. The lowest BCUT2D eigenvalue weighted by Crippen LogP contribution is -2.42. The molecule has 1 aromatic heterocycles. The third kappa shape index (κ3) is 1.52. The maximum Gasteiger partial charge on any atom is 0.344 e. The molecule has 3 N–H and O–H groups in total. The van der Waals surface area contributed by atoms with Crippen LogP contribution in [0.5, 0.6) is 0 Å². The summed E-state index contributed by atoms with van der Waals surface area (Å²) in [5, 5.41) is 7.78. The van der Waals surface area contributed by atoms with Crippen LogP contribution in [0.2, 0.25) is 0 Å². The third-order valence-corrected chi connectivity index (χ3v) is 2.63. The monoisotopic (exact) mass is 198 g/mol. The predicted molar refractivity (Wildman–Crippen MR) is 51.4 cm³/mol. The lowest BCUT2D eigenvalue weighted by atomic mass is 9.98. The Bertz CT molecular complexity index is 388. The minimum absolute atomic E-state index is 0.0266. The van der Waals surface area contributed by atoms with Crippen LogP contribution in [0.1, 0.15) is 19.4 Å². The van der Waals surface area contributed by atoms with Gasteiger partial charge in [0.25, 0.3) is 0 Å². The van der Waals surface area contributed by atoms with Crippen LogP contribution in [-0.2, 0) is 0 Å². The molecule has 6 nitrogen and oxygen atoms in total. The second-order valence-electron chi connectivity index (χ2n) is 3.88. The first-order valence-corrected chi connectivity index (χ1v) is 4.78. The molecule has 2 unspecified atom stereocenters. The minimum Gasteiger partial charge on any atom is -0.314 e. The molecule has 0 spiro atoms. The van der Waals surface area contributed by atoms with Crippen LogP contribution in [0.25, 0.3) is 0 Å². The number of aromatic nitrogens is 3. The van der Waals surface area contributed by atoms with Gasteiger partial charge in [0.15, 0.2) is 0 Å². The molecule has 14 heavy (non-hydrogen) atoms. The molecule has 0 saturated carbocycles. The summed E-state index contributed by atoms with van der Waals surface area (Å²) in [4.78, 5) is 22.6. The van der Waals surface area contributed by atoms with Crippen LogP contribution < -0.4 is 16.7 Å². The van der Waals surface area contributed by atoms with E-state index in [0.717, 1.165) is 13.0 Å². The van der Waals surface area contributed by atoms with E-state index in [2.05, 4.69) is 22.4 Å². The average molecular weight is 198 g/mol. The highest BCUT2D eigenvalue weighted by atomic mass is 16.2. The van der Waals surface area contributed by atoms with Gasteiger partial charge in [0.1, 0.15) is 0 Å². The first kappa shape index (κ1) is 9.26. The molecule has 0 aliphatic carbocycles. The zero-order chi connectivity index (χ0) is 10.1. The third-order valence-electron chi connectivity index (χ3n) is 2.63. The SMILES string of the molecule is CC1CNCC(n2c(=O)[nH][nH]c2=O)C1. The number of rotatable bonds is 1. The van der Waals surface area contributed by atoms with Crippen molar-refractivity contribution in [3.8, 4) is 0 Å². The summed E-state index contributed by atoms with van der Waals surface area (Å²) < 4.78 is 1.25. The van der Waals surface area contributed by atoms with Crippen molar-refractivity contribution in [3.05, 3.63) is 21.0 Å². The van der Waals surface area contributed by atoms with Crippen molar-refractivity contribution in [1.82, 2.24) is 20.1 Å². The van der Waals surface area contributed by atoms with Crippen molar-refractivity contribution < 1.29 is 0 Å². The fourth-order valence-corrected chi connectivity index (χ4v) is 1.98. The van der Waals surface area contributed by atoms with Gasteiger partial charge in [-0.25, -0.2) is 24.4 Å². The molecular formula is C8H14N4O2. The van der Waals surface area contributed by atoms with E-state index in [1.807, 2.05) is 0 Å². The largest absolute Gasteiger partial charge is 0.344 e. The second-order valence-corrected chi connectivity index (χ2v) is 3.88. The maximum atomic E-state index is 11.3. The van der Waals surface area contributed by atoms with Gasteiger partial charge in [0, 0.05) is 6.54 Å². The molecule has 1 aromatic rings. The van der Waals surface area contributed by atoms with E-state index >= 15 is 0 Å². The van der Waals surface area contributed by atoms with Gasteiger partial charge in [0.2, 0.25) is 0 Å². The molecule has 1 aliphatic rings. The molecule has 0 aromatic carbocycles. The number of aromatic amines is 2. The molecule has 6 heteroatoms. The highest BCUT2D eigenvalue weighted by molar-refractivity contribution is 4.82. The van der Waals surface area contributed by atoms with E-state index in [-0.39, 0.29) is 17.4 Å². The zero-order valence-electron chi connectivity index (χ0n) is 8.04. The van der Waals surface area contributed by atoms with Crippen LogP contribution in [-0.4, -0.2) is 27.9 Å². The molecule has 1 aliphatic heterocycles. The first-order chi connectivity index (χ1) is 6.68. The summed E-state index contributed by atoms with van der Waals surface area (Å²) >= 11 is 0. The van der Waals surface area contributed by atoms with Crippen LogP contribution in [0.3, 0.4) is 0 Å². The zero-order valence-corrected chi connectivity index (χ0v) is 8.04. The van der Waals surface area contributed by atoms with Crippen molar-refractivity contribution in [2.75, 3.05) is 13.1 Å². The number of nitrogens with one attached hydrogen (secondary N) is 3. The Kier molecular flexibility index (Phi) is 2.28. The molecule has 2 heterocycles. The van der Waals surface area contributed by atoms with Gasteiger partial charge in [-0.05, 0) is 18.9 Å². The van der Waals surface area contributed by atoms with Crippen LogP contribution in [0, 0.1) is 5.92 Å². The van der Waals surface area contributed by atoms with Crippen LogP contribution in [0.4, 0.5) is 0 Å². The van der Waals surface area contributed by atoms with Gasteiger partial charge in [-0.15, -0.1) is 0 Å². The van der Waals surface area contributed by atoms with Crippen molar-refractivity contribution >= 4 is 0 Å². The second kappa shape index (κ2) is 3.45. The Morgan fingerprint density at radius 1 is 1.21 bits per heavy atom. The summed E-state index contributed by atoms with van der Waals surface area (Å²) in [6.45, 7) is 3.74. The van der Waals surface area contributed by atoms with E-state index in [9.17, 15) is 9.59 Å². The minimum atomic E-state index is -0.351. The number of piperidine rings is 1. The number of hydrogen-bond donors (Lipinski definition) is 3. The Morgan fingerprint density at radius 2 is 1.86 bits per heavy atom. The standard InChI is InChI=1S/C8H14N4O2/c1-5-2-6(4-9-3-5)12-7(13)10-11-8(12)14/h5-6,9H,2-4H2,1H3,(H,10,13)(H,11,14). The van der Waals surface area contributed by atoms with Crippen LogP contribution >= 0.6 is 0 Å². The molecular weight excluding hydrogens is 184 g/mol. The Morgan fingerprint density at radius 3 is 2.43 bits per heavy atom. The Labute approximate surface area is 80.3 Å². The first-order valence-electron chi connectivity index (χ1n) is 4.78. The van der Waals surface area contributed by atoms with E-state index in [0.29, 0.717) is 12.5 Å². The lowest BCUT2D eigenvalue weighted by molar-refractivity contribution is 0.293. The molecule has 0 radical (unpaired) electrons. The molecule has 2 atom stereocenters. The van der Waals surface area contributed by atoms with Gasteiger partial charge < -0.3 is 5.32 Å². The predicted octanol–water partition coefficient (Wildman–Crippen LogP) is -0.965. The highest BCUT2D eigenvalue weighted by Gasteiger charge is 2.22. The molecule has 0 amide bonds. The number of nitrogens with zero attached hydrogens (tertiary/aromatic N) is 1. The van der Waals surface area contributed by atoms with E-state index in [1.165, 1.54) is 4.57 Å². The fraction of sp³-hybridized carbons (Fsp3) is 0.750. The van der Waals surface area contributed by atoms with Gasteiger partial charge in [-0.1, -0.05) is 6.92 Å². The Balaban J connectivity index is 2.30. The molecule has 0 bridgehead atoms. The molecule has 2 rings (SSSR count). The maximum absolute atomic E-state index is 11.3. The summed E-state index contributed by atoms with van der Waals surface area (Å²) in [5.74, 6) is 0.495. The Hall–Kier alpha value is -1.30. The van der Waals surface area contributed by atoms with Gasteiger partial charge in [-0.3, -0.25) is 0 Å². The normalized spacial score (nSPS) is 27.8. The van der Waals surface area contributed by atoms with Crippen molar-refractivity contribution in [1.29, 1.82) is 0 Å².